The Kier molecular flexibility index (Phi) is 3.03. The second-order valence-electron chi connectivity index (χ2n) is 5.44. The van der Waals surface area contributed by atoms with E-state index in [-0.39, 0.29) is 0 Å². The lowest BCUT2D eigenvalue weighted by Crippen LogP contribution is -2.32. The van der Waals surface area contributed by atoms with Gasteiger partial charge in [0, 0.05) is 11.1 Å². The summed E-state index contributed by atoms with van der Waals surface area (Å²) >= 11 is 0. The number of nitrogen functional groups attached to an aromatic ring is 3. The number of nitrogens with two attached hydrogens (primary N) is 7. The van der Waals surface area contributed by atoms with E-state index in [9.17, 15) is 0 Å². The molecule has 120 valence electrons. The Morgan fingerprint density at radius 1 is 0.826 bits per heavy atom. The zero-order valence-electron chi connectivity index (χ0n) is 12.3. The van der Waals surface area contributed by atoms with Crippen LogP contribution in [0, 0.1) is 0 Å². The lowest BCUT2D eigenvalue weighted by molar-refractivity contribution is 0.236. The SMILES string of the molecule is NC1=CC2OC(c3cc(N)c(N)c(N)c3)=C(N)C=C2C(N)=C1N. The smallest absolute Gasteiger partial charge is 0.151 e. The summed E-state index contributed by atoms with van der Waals surface area (Å²) in [6.07, 6.45) is 2.90. The number of hydrogen-bond donors (Lipinski definition) is 7. The van der Waals surface area contributed by atoms with Gasteiger partial charge in [-0.05, 0) is 24.3 Å². The quantitative estimate of drug-likeness (QED) is 0.333. The van der Waals surface area contributed by atoms with Crippen LogP contribution in [0.3, 0.4) is 0 Å². The molecule has 8 heteroatoms. The minimum atomic E-state index is -0.482. The maximum absolute atomic E-state index is 6.09. The highest BCUT2D eigenvalue weighted by Gasteiger charge is 2.29. The van der Waals surface area contributed by atoms with Crippen molar-refractivity contribution < 1.29 is 4.74 Å². The van der Waals surface area contributed by atoms with Crippen LogP contribution >= 0.6 is 0 Å². The number of rotatable bonds is 1. The van der Waals surface area contributed by atoms with Crippen molar-refractivity contribution in [3.05, 3.63) is 58.2 Å². The average Bonchev–Trinajstić information content (AvgIpc) is 2.50. The van der Waals surface area contributed by atoms with Crippen LogP contribution in [0.1, 0.15) is 5.56 Å². The molecule has 0 amide bonds. The Balaban J connectivity index is 2.12. The molecule has 0 spiro atoms. The van der Waals surface area contributed by atoms with Crippen molar-refractivity contribution in [1.82, 2.24) is 0 Å². The first-order chi connectivity index (χ1) is 10.8. The van der Waals surface area contributed by atoms with E-state index in [0.29, 0.717) is 56.7 Å². The first-order valence-electron chi connectivity index (χ1n) is 6.85. The zero-order chi connectivity index (χ0) is 16.9. The Bertz CT molecular complexity index is 809. The average molecular weight is 313 g/mol. The van der Waals surface area contributed by atoms with Gasteiger partial charge in [0.25, 0.3) is 0 Å². The third-order valence-corrected chi connectivity index (χ3v) is 3.87. The minimum Gasteiger partial charge on any atom is -0.479 e. The molecule has 0 aromatic heterocycles. The molecule has 14 N–H and O–H groups in total. The lowest BCUT2D eigenvalue weighted by atomic mass is 9.93. The van der Waals surface area contributed by atoms with Crippen molar-refractivity contribution in [1.29, 1.82) is 0 Å². The summed E-state index contributed by atoms with van der Waals surface area (Å²) in [4.78, 5) is 0. The molecule has 1 unspecified atom stereocenters. The Labute approximate surface area is 132 Å². The van der Waals surface area contributed by atoms with Gasteiger partial charge in [-0.2, -0.15) is 0 Å². The third kappa shape index (κ3) is 2.16. The summed E-state index contributed by atoms with van der Waals surface area (Å²) in [5, 5.41) is 0. The molecule has 1 aromatic carbocycles. The molecule has 0 bridgehead atoms. The van der Waals surface area contributed by atoms with Crippen molar-refractivity contribution in [2.45, 2.75) is 6.10 Å². The fraction of sp³-hybridized carbons (Fsp3) is 0.0667. The van der Waals surface area contributed by atoms with Crippen LogP contribution in [0.5, 0.6) is 0 Å². The summed E-state index contributed by atoms with van der Waals surface area (Å²) in [5.41, 5.74) is 44.9. The monoisotopic (exact) mass is 313 g/mol. The topological polar surface area (TPSA) is 191 Å². The van der Waals surface area contributed by atoms with Gasteiger partial charge in [-0.1, -0.05) is 0 Å². The fourth-order valence-corrected chi connectivity index (χ4v) is 2.56. The Morgan fingerprint density at radius 3 is 2.04 bits per heavy atom. The van der Waals surface area contributed by atoms with Crippen molar-refractivity contribution in [2.75, 3.05) is 17.2 Å². The van der Waals surface area contributed by atoms with Crippen molar-refractivity contribution >= 4 is 22.8 Å². The van der Waals surface area contributed by atoms with Gasteiger partial charge in [0.2, 0.25) is 0 Å². The van der Waals surface area contributed by atoms with Crippen molar-refractivity contribution in [3.63, 3.8) is 0 Å². The Hall–Kier alpha value is -3.42. The minimum absolute atomic E-state index is 0.313. The summed E-state index contributed by atoms with van der Waals surface area (Å²) < 4.78 is 5.94. The van der Waals surface area contributed by atoms with E-state index >= 15 is 0 Å². The highest BCUT2D eigenvalue weighted by Crippen LogP contribution is 2.36. The highest BCUT2D eigenvalue weighted by molar-refractivity contribution is 5.83. The second kappa shape index (κ2) is 4.80. The van der Waals surface area contributed by atoms with E-state index < -0.39 is 6.10 Å². The maximum atomic E-state index is 6.09. The first-order valence-corrected chi connectivity index (χ1v) is 6.85. The molecule has 0 fully saturated rings. The van der Waals surface area contributed by atoms with Crippen LogP contribution in [0.25, 0.3) is 5.76 Å². The molecule has 0 radical (unpaired) electrons. The molecular weight excluding hydrogens is 294 g/mol. The predicted octanol–water partition coefficient (Wildman–Crippen LogP) is -0.629. The van der Waals surface area contributed by atoms with E-state index in [4.69, 9.17) is 44.9 Å². The summed E-state index contributed by atoms with van der Waals surface area (Å²) in [6, 6.07) is 3.30. The van der Waals surface area contributed by atoms with Crippen molar-refractivity contribution in [3.8, 4) is 0 Å². The van der Waals surface area contributed by atoms with Gasteiger partial charge in [0.05, 0.1) is 39.9 Å². The van der Waals surface area contributed by atoms with Crippen LogP contribution in [-0.4, -0.2) is 6.10 Å². The number of allylic oxidation sites excluding steroid dienone is 1. The van der Waals surface area contributed by atoms with Gasteiger partial charge in [-0.3, -0.25) is 0 Å². The summed E-state index contributed by atoms with van der Waals surface area (Å²) in [7, 11) is 0. The molecule has 8 nitrogen and oxygen atoms in total. The Morgan fingerprint density at radius 2 is 1.43 bits per heavy atom. The van der Waals surface area contributed by atoms with Crippen LogP contribution < -0.4 is 40.1 Å². The maximum Gasteiger partial charge on any atom is 0.151 e. The van der Waals surface area contributed by atoms with E-state index in [1.807, 2.05) is 0 Å². The van der Waals surface area contributed by atoms with Crippen LogP contribution in [-0.2, 0) is 4.74 Å². The molecule has 1 aromatic rings. The lowest BCUT2D eigenvalue weighted by Gasteiger charge is -2.30. The van der Waals surface area contributed by atoms with Crippen LogP contribution in [0.15, 0.2) is 52.6 Å². The molecule has 0 saturated heterocycles. The van der Waals surface area contributed by atoms with E-state index in [0.717, 1.165) is 0 Å². The molecule has 1 aliphatic heterocycles. The molecular formula is C15H19N7O. The van der Waals surface area contributed by atoms with E-state index in [1.165, 1.54) is 0 Å². The number of hydrogen-bond acceptors (Lipinski definition) is 8. The fourth-order valence-electron chi connectivity index (χ4n) is 2.56. The summed E-state index contributed by atoms with van der Waals surface area (Å²) in [5.74, 6) is 0.425. The highest BCUT2D eigenvalue weighted by atomic mass is 16.5. The standard InChI is InChI=1S/C15H19N7O/c16-7-1-5(2-8(17)13(7)21)15-10(19)3-6-11(23-15)4-9(18)14(22)12(6)20/h1-4,11H,16-22H2. The zero-order valence-corrected chi connectivity index (χ0v) is 12.3. The molecule has 23 heavy (non-hydrogen) atoms. The molecule has 1 heterocycles. The van der Waals surface area contributed by atoms with Gasteiger partial charge < -0.3 is 44.9 Å². The molecule has 0 saturated carbocycles. The predicted molar refractivity (Wildman–Crippen MR) is 91.4 cm³/mol. The van der Waals surface area contributed by atoms with Gasteiger partial charge in [0.1, 0.15) is 6.10 Å². The van der Waals surface area contributed by atoms with E-state index in [2.05, 4.69) is 0 Å². The number of fused-ring (bicyclic) bond motifs is 1. The van der Waals surface area contributed by atoms with Gasteiger partial charge in [0.15, 0.2) is 5.76 Å². The van der Waals surface area contributed by atoms with E-state index in [1.54, 1.807) is 24.3 Å². The molecule has 3 rings (SSSR count). The molecule has 1 aliphatic carbocycles. The molecule has 2 aliphatic rings. The van der Waals surface area contributed by atoms with Crippen molar-refractivity contribution in [2.24, 2.45) is 22.9 Å². The van der Waals surface area contributed by atoms with Gasteiger partial charge in [-0.25, -0.2) is 0 Å². The van der Waals surface area contributed by atoms with Crippen LogP contribution in [0.4, 0.5) is 17.1 Å². The third-order valence-electron chi connectivity index (χ3n) is 3.87. The normalized spacial score (nSPS) is 20.6. The number of anilines is 3. The number of benzene rings is 1. The molecule has 1 atom stereocenters. The number of ether oxygens (including phenoxy) is 1. The van der Waals surface area contributed by atoms with Gasteiger partial charge >= 0.3 is 0 Å². The van der Waals surface area contributed by atoms with Crippen LogP contribution in [0.2, 0.25) is 0 Å². The largest absolute Gasteiger partial charge is 0.479 e. The van der Waals surface area contributed by atoms with Gasteiger partial charge in [-0.15, -0.1) is 0 Å². The summed E-state index contributed by atoms with van der Waals surface area (Å²) in [6.45, 7) is 0. The second-order valence-corrected chi connectivity index (χ2v) is 5.44. The first kappa shape index (κ1) is 14.5.